The summed E-state index contributed by atoms with van der Waals surface area (Å²) in [7, 11) is 0. The molecule has 0 fully saturated rings. The van der Waals surface area contributed by atoms with Crippen LogP contribution in [-0.2, 0) is 4.74 Å². The van der Waals surface area contributed by atoms with Crippen molar-refractivity contribution in [3.05, 3.63) is 0 Å². The van der Waals surface area contributed by atoms with Crippen LogP contribution < -0.4 is 0 Å². The van der Waals surface area contributed by atoms with E-state index in [1.54, 1.807) is 0 Å². The van der Waals surface area contributed by atoms with Crippen LogP contribution in [0.3, 0.4) is 0 Å². The summed E-state index contributed by atoms with van der Waals surface area (Å²) in [6, 6.07) is 0. The highest BCUT2D eigenvalue weighted by Gasteiger charge is 2.05. The normalized spacial score (nSPS) is 11.1. The summed E-state index contributed by atoms with van der Waals surface area (Å²) in [5.41, 5.74) is 0. The van der Waals surface area contributed by atoms with Crippen molar-refractivity contribution in [3.63, 3.8) is 0 Å². The average molecular weight is 188 g/mol. The molecule has 0 aromatic carbocycles. The molecule has 0 aromatic heterocycles. The van der Waals surface area contributed by atoms with Gasteiger partial charge in [-0.15, -0.1) is 0 Å². The molecule has 0 bridgehead atoms. The molecule has 2 heteroatoms. The van der Waals surface area contributed by atoms with Crippen LogP contribution >= 0.6 is 0 Å². The fraction of sp³-hybridized carbons (Fsp3) is 1.00. The maximum absolute atomic E-state index is 8.58. The van der Waals surface area contributed by atoms with Crippen molar-refractivity contribution < 1.29 is 9.84 Å². The van der Waals surface area contributed by atoms with Crippen LogP contribution in [0.25, 0.3) is 0 Å². The molecule has 0 aromatic rings. The quantitative estimate of drug-likeness (QED) is 0.564. The van der Waals surface area contributed by atoms with Gasteiger partial charge in [0.05, 0.1) is 6.10 Å². The molecule has 0 heterocycles. The summed E-state index contributed by atoms with van der Waals surface area (Å²) >= 11 is 0. The minimum atomic E-state index is 0.287. The first-order valence-corrected chi connectivity index (χ1v) is 5.57. The van der Waals surface area contributed by atoms with E-state index in [9.17, 15) is 0 Å². The molecule has 80 valence electrons. The van der Waals surface area contributed by atoms with Crippen molar-refractivity contribution >= 4 is 0 Å². The summed E-state index contributed by atoms with van der Waals surface area (Å²) in [6.07, 6.45) is 7.05. The first-order valence-electron chi connectivity index (χ1n) is 5.57. The van der Waals surface area contributed by atoms with Gasteiger partial charge >= 0.3 is 0 Å². The number of hydrogen-bond acceptors (Lipinski definition) is 2. The van der Waals surface area contributed by atoms with Gasteiger partial charge in [0.2, 0.25) is 0 Å². The zero-order valence-corrected chi connectivity index (χ0v) is 9.09. The summed E-state index contributed by atoms with van der Waals surface area (Å²) < 4.78 is 5.71. The zero-order valence-electron chi connectivity index (χ0n) is 9.09. The monoisotopic (exact) mass is 188 g/mol. The number of ether oxygens (including phenoxy) is 1. The van der Waals surface area contributed by atoms with E-state index >= 15 is 0 Å². The third-order valence-electron chi connectivity index (χ3n) is 2.13. The molecule has 1 N–H and O–H groups in total. The van der Waals surface area contributed by atoms with Crippen LogP contribution in [0.4, 0.5) is 0 Å². The van der Waals surface area contributed by atoms with Gasteiger partial charge in [-0.3, -0.25) is 0 Å². The Morgan fingerprint density at radius 3 is 2.15 bits per heavy atom. The van der Waals surface area contributed by atoms with Crippen molar-refractivity contribution in [2.75, 3.05) is 13.2 Å². The van der Waals surface area contributed by atoms with Gasteiger partial charge in [-0.05, 0) is 25.7 Å². The Bertz CT molecular complexity index is 88.1. The van der Waals surface area contributed by atoms with Gasteiger partial charge in [0.1, 0.15) is 0 Å². The van der Waals surface area contributed by atoms with Crippen LogP contribution in [0, 0.1) is 0 Å². The van der Waals surface area contributed by atoms with Crippen LogP contribution in [0.5, 0.6) is 0 Å². The second-order valence-electron chi connectivity index (χ2n) is 3.50. The molecule has 0 saturated carbocycles. The topological polar surface area (TPSA) is 29.5 Å². The second-order valence-corrected chi connectivity index (χ2v) is 3.50. The highest BCUT2D eigenvalue weighted by Crippen LogP contribution is 2.09. The summed E-state index contributed by atoms with van der Waals surface area (Å²) in [5.74, 6) is 0. The van der Waals surface area contributed by atoms with Crippen LogP contribution in [0.2, 0.25) is 0 Å². The Kier molecular flexibility index (Phi) is 9.94. The molecule has 13 heavy (non-hydrogen) atoms. The molecule has 0 atom stereocenters. The molecule has 0 unspecified atom stereocenters. The van der Waals surface area contributed by atoms with Crippen LogP contribution in [0.15, 0.2) is 0 Å². The lowest BCUT2D eigenvalue weighted by Crippen LogP contribution is -2.13. The largest absolute Gasteiger partial charge is 0.396 e. The summed E-state index contributed by atoms with van der Waals surface area (Å²) in [6.45, 7) is 5.49. The maximum atomic E-state index is 8.58. The van der Waals surface area contributed by atoms with Crippen molar-refractivity contribution in [2.24, 2.45) is 0 Å². The lowest BCUT2D eigenvalue weighted by Gasteiger charge is -2.15. The molecule has 0 aliphatic heterocycles. The van der Waals surface area contributed by atoms with Gasteiger partial charge in [0, 0.05) is 13.2 Å². The van der Waals surface area contributed by atoms with E-state index in [0.29, 0.717) is 6.10 Å². The highest BCUT2D eigenvalue weighted by atomic mass is 16.5. The van der Waals surface area contributed by atoms with Gasteiger partial charge in [-0.25, -0.2) is 0 Å². The van der Waals surface area contributed by atoms with E-state index in [4.69, 9.17) is 9.84 Å². The van der Waals surface area contributed by atoms with Gasteiger partial charge in [-0.1, -0.05) is 26.7 Å². The molecule has 0 rings (SSSR count). The third kappa shape index (κ3) is 8.26. The van der Waals surface area contributed by atoms with E-state index in [0.717, 1.165) is 19.4 Å². The lowest BCUT2D eigenvalue weighted by atomic mass is 10.1. The van der Waals surface area contributed by atoms with Crippen molar-refractivity contribution in [2.45, 2.75) is 58.5 Å². The molecule has 0 saturated heterocycles. The first kappa shape index (κ1) is 12.9. The Labute approximate surface area is 82.3 Å². The van der Waals surface area contributed by atoms with Crippen LogP contribution in [0.1, 0.15) is 52.4 Å². The molecular weight excluding hydrogens is 164 g/mol. The highest BCUT2D eigenvalue weighted by molar-refractivity contribution is 4.56. The number of aliphatic hydroxyl groups excluding tert-OH is 1. The van der Waals surface area contributed by atoms with Crippen molar-refractivity contribution in [3.8, 4) is 0 Å². The SMILES string of the molecule is CCCC(CCC)OCCCCO. The fourth-order valence-corrected chi connectivity index (χ4v) is 1.42. The van der Waals surface area contributed by atoms with Gasteiger partial charge in [-0.2, -0.15) is 0 Å². The third-order valence-corrected chi connectivity index (χ3v) is 2.13. The molecule has 0 aliphatic rings. The van der Waals surface area contributed by atoms with E-state index < -0.39 is 0 Å². The van der Waals surface area contributed by atoms with E-state index in [1.165, 1.54) is 25.7 Å². The number of rotatable bonds is 9. The predicted octanol–water partition coefficient (Wildman–Crippen LogP) is 2.74. The number of aliphatic hydroxyl groups is 1. The predicted molar refractivity (Wildman–Crippen MR) is 55.9 cm³/mol. The second kappa shape index (κ2) is 10.0. The number of unbranched alkanes of at least 4 members (excludes halogenated alkanes) is 1. The van der Waals surface area contributed by atoms with Gasteiger partial charge < -0.3 is 9.84 Å². The minimum Gasteiger partial charge on any atom is -0.396 e. The molecule has 2 nitrogen and oxygen atoms in total. The van der Waals surface area contributed by atoms with Crippen LogP contribution in [-0.4, -0.2) is 24.4 Å². The summed E-state index contributed by atoms with van der Waals surface area (Å²) in [4.78, 5) is 0. The Morgan fingerprint density at radius 1 is 1.08 bits per heavy atom. The minimum absolute atomic E-state index is 0.287. The standard InChI is InChI=1S/C11H24O2/c1-3-7-11(8-4-2)13-10-6-5-9-12/h11-12H,3-10H2,1-2H3. The van der Waals surface area contributed by atoms with Gasteiger partial charge in [0.15, 0.2) is 0 Å². The molecule has 0 radical (unpaired) electrons. The number of hydrogen-bond donors (Lipinski definition) is 1. The van der Waals surface area contributed by atoms with Crippen molar-refractivity contribution in [1.82, 2.24) is 0 Å². The molecule has 0 spiro atoms. The first-order chi connectivity index (χ1) is 6.35. The van der Waals surface area contributed by atoms with E-state index in [-0.39, 0.29) is 6.61 Å². The Morgan fingerprint density at radius 2 is 1.69 bits per heavy atom. The summed E-state index contributed by atoms with van der Waals surface area (Å²) in [5, 5.41) is 8.58. The smallest absolute Gasteiger partial charge is 0.0575 e. The lowest BCUT2D eigenvalue weighted by molar-refractivity contribution is 0.0367. The molecule has 0 amide bonds. The molecule has 0 aliphatic carbocycles. The Hall–Kier alpha value is -0.0800. The average Bonchev–Trinajstić information content (AvgIpc) is 2.13. The van der Waals surface area contributed by atoms with E-state index in [1.807, 2.05) is 0 Å². The maximum Gasteiger partial charge on any atom is 0.0575 e. The fourth-order valence-electron chi connectivity index (χ4n) is 1.42. The van der Waals surface area contributed by atoms with Crippen molar-refractivity contribution in [1.29, 1.82) is 0 Å². The zero-order chi connectivity index (χ0) is 9.94. The van der Waals surface area contributed by atoms with Gasteiger partial charge in [0.25, 0.3) is 0 Å². The Balaban J connectivity index is 3.33. The molecular formula is C11H24O2. The van der Waals surface area contributed by atoms with E-state index in [2.05, 4.69) is 13.8 Å².